The van der Waals surface area contributed by atoms with Gasteiger partial charge in [0.2, 0.25) is 0 Å². The predicted octanol–water partition coefficient (Wildman–Crippen LogP) is 26.4. The molecule has 20 rings (SSSR count). The third-order valence-electron chi connectivity index (χ3n) is 20.9. The maximum absolute atomic E-state index is 7.30. The second-order valence-electron chi connectivity index (χ2n) is 28.4. The van der Waals surface area contributed by atoms with Gasteiger partial charge in [-0.1, -0.05) is 165 Å². The number of anilines is 3. The van der Waals surface area contributed by atoms with Gasteiger partial charge < -0.3 is 20.2 Å². The van der Waals surface area contributed by atoms with Crippen molar-refractivity contribution in [1.29, 1.82) is 0 Å². The van der Waals surface area contributed by atoms with Crippen LogP contribution < -0.4 is 41.8 Å². The largest absolute Gasteiger partial charge is 0.356 e. The number of nitrogens with one attached hydrogen (secondary N) is 1. The Morgan fingerprint density at radius 2 is 0.513 bits per heavy atom. The zero-order valence-electron chi connectivity index (χ0n) is 65.0. The quantitative estimate of drug-likeness (QED) is 0.0687. The molecule has 20 aromatic rings. The number of hydrogen-bond donors (Lipinski definition) is 2. The minimum atomic E-state index is -3.15. The number of nitrogens with two attached hydrogens (primary N) is 1. The van der Waals surface area contributed by atoms with Gasteiger partial charge in [-0.2, -0.15) is 0 Å². The predicted molar refractivity (Wildman–Crippen MR) is 535 cm³/mol. The second-order valence-corrected chi connectivity index (χ2v) is 49.7. The van der Waals surface area contributed by atoms with E-state index in [9.17, 15) is 0 Å². The van der Waals surface area contributed by atoms with E-state index in [1.54, 1.807) is 0 Å². The fourth-order valence-corrected chi connectivity index (χ4v) is 34.7. The maximum Gasteiger partial charge on any atom is 0.0542 e. The molecule has 4 nitrogen and oxygen atoms in total. The molecule has 0 saturated carbocycles. The maximum atomic E-state index is 7.30. The van der Waals surface area contributed by atoms with Gasteiger partial charge in [-0.15, -0.1) is 0 Å². The number of nitrogen functional groups attached to an aromatic ring is 1. The van der Waals surface area contributed by atoms with Crippen LogP contribution in [0.4, 0.5) is 17.1 Å². The van der Waals surface area contributed by atoms with Gasteiger partial charge in [0.25, 0.3) is 0 Å². The van der Waals surface area contributed by atoms with E-state index in [4.69, 9.17) is 15.7 Å². The van der Waals surface area contributed by atoms with Crippen LogP contribution in [0.3, 0.4) is 0 Å². The van der Waals surface area contributed by atoms with Crippen LogP contribution in [0.1, 0.15) is 0 Å². The molecular formula is C108H83Br3ClGe2IN4. The van der Waals surface area contributed by atoms with Crippen molar-refractivity contribution in [2.45, 2.75) is 0 Å². The first kappa shape index (κ1) is 82.8. The first-order valence-corrected chi connectivity index (χ1v) is 52.9. The summed E-state index contributed by atoms with van der Waals surface area (Å²) in [6.45, 7) is 0. The van der Waals surface area contributed by atoms with E-state index in [0.29, 0.717) is 0 Å². The van der Waals surface area contributed by atoms with Gasteiger partial charge in [-0.25, -0.2) is 0 Å². The molecule has 3 N–H and O–H groups in total. The summed E-state index contributed by atoms with van der Waals surface area (Å²) in [5.74, 6) is 0. The third-order valence-corrected chi connectivity index (χ3v) is 43.7. The second kappa shape index (κ2) is 40.4. The van der Waals surface area contributed by atoms with E-state index in [0.717, 1.165) is 30.5 Å². The first-order valence-electron chi connectivity index (χ1n) is 39.3. The monoisotopic (exact) mass is 1980 g/mol. The molecule has 0 aliphatic heterocycles. The molecule has 0 saturated heterocycles. The zero-order valence-corrected chi connectivity index (χ0v) is 76.9. The summed E-state index contributed by atoms with van der Waals surface area (Å²) >= 11 is 6.59. The smallest absolute Gasteiger partial charge is 0.0542 e. The molecule has 0 atom stereocenters. The molecule has 0 aliphatic rings. The van der Waals surface area contributed by atoms with Crippen molar-refractivity contribution in [2.75, 3.05) is 11.1 Å². The molecule has 18 aromatic carbocycles. The number of benzene rings is 18. The van der Waals surface area contributed by atoms with Crippen molar-refractivity contribution in [3.63, 3.8) is 0 Å². The van der Waals surface area contributed by atoms with Crippen LogP contribution in [0.25, 0.3) is 77.2 Å². The number of hydrogen-bond acceptors (Lipinski definition) is 2. The minimum Gasteiger partial charge on any atom is -0.356 e. The zero-order chi connectivity index (χ0) is 81.6. The molecule has 0 radical (unpaired) electrons. The molecule has 0 amide bonds. The molecule has 0 aliphatic carbocycles. The molecule has 0 bridgehead atoms. The Hall–Kier alpha value is -11.3. The van der Waals surface area contributed by atoms with Gasteiger partial charge in [0.1, 0.15) is 0 Å². The Morgan fingerprint density at radius 1 is 0.244 bits per heavy atom. The Kier molecular flexibility index (Phi) is 28.1. The summed E-state index contributed by atoms with van der Waals surface area (Å²) in [5, 5.41) is 8.65. The van der Waals surface area contributed by atoms with Crippen molar-refractivity contribution >= 4 is 197 Å². The summed E-state index contributed by atoms with van der Waals surface area (Å²) < 4.78 is 18.8. The van der Waals surface area contributed by atoms with Gasteiger partial charge >= 0.3 is 328 Å². The van der Waals surface area contributed by atoms with Crippen molar-refractivity contribution < 1.29 is 0 Å². The van der Waals surface area contributed by atoms with Crippen molar-refractivity contribution in [3.05, 3.63) is 502 Å². The van der Waals surface area contributed by atoms with Crippen molar-refractivity contribution in [3.8, 4) is 33.6 Å². The SMILES string of the molecule is Brc1ccc(-c2cc[c]([Ge]([c]3ccccc3)([c]3ccccc3)[c]3ccccc3)cc2)cc1.Brc1ccc(-c2ccc(Br)cc2)cc1.Ic1ccc2c(c1)c1ccccc1n2-c1ccccc1.Nc1ccccc1.[Cl][Ge]([c]1ccccc1)([c]1ccccc1)[c]1ccccc1.c1ccc(Nc2ccc3c(c2)c2ccccc2n3-c2ccccc2)cc1. The van der Waals surface area contributed by atoms with Crippen LogP contribution in [-0.4, -0.2) is 34.7 Å². The number of halogens is 5. The Morgan fingerprint density at radius 3 is 0.857 bits per heavy atom. The molecule has 11 heteroatoms. The molecule has 2 aromatic heterocycles. The molecule has 0 fully saturated rings. The Bertz CT molecular complexity index is 6340. The number of nitrogens with zero attached hydrogens (tertiary/aromatic N) is 2. The van der Waals surface area contributed by atoms with Crippen LogP contribution in [0.2, 0.25) is 0 Å². The van der Waals surface area contributed by atoms with Crippen LogP contribution in [0.5, 0.6) is 0 Å². The molecule has 119 heavy (non-hydrogen) atoms. The number of aromatic nitrogens is 2. The van der Waals surface area contributed by atoms with Crippen LogP contribution in [0, 0.1) is 3.57 Å². The van der Waals surface area contributed by atoms with Gasteiger partial charge in [0.15, 0.2) is 0 Å². The average Bonchev–Trinajstić information content (AvgIpc) is 1.66. The van der Waals surface area contributed by atoms with Crippen LogP contribution >= 0.6 is 80.4 Å². The minimum absolute atomic E-state index is 0.822. The number of fused-ring (bicyclic) bond motifs is 6. The van der Waals surface area contributed by atoms with Crippen molar-refractivity contribution in [1.82, 2.24) is 9.13 Å². The number of rotatable bonds is 13. The van der Waals surface area contributed by atoms with Gasteiger partial charge in [0.05, 0.1) is 22.1 Å². The van der Waals surface area contributed by atoms with Gasteiger partial charge in [-0.05, 0) is 155 Å². The summed E-state index contributed by atoms with van der Waals surface area (Å²) in [6.07, 6.45) is 0. The summed E-state index contributed by atoms with van der Waals surface area (Å²) in [7, 11) is 7.30. The van der Waals surface area contributed by atoms with Gasteiger partial charge in [0, 0.05) is 62.5 Å². The fraction of sp³-hybridized carbons (Fsp3) is 0. The van der Waals surface area contributed by atoms with Crippen molar-refractivity contribution in [2.24, 2.45) is 0 Å². The standard InChI is InChI=1S/C30H23BrGe.C24H18N2.C18H15ClGe.C18H12IN.C12H8Br2.C6H7N/c31-26-20-16-24(17-21-26)25-18-22-30(23-19-25)32(27-10-4-1-5-11-27,28-12-6-2-7-13-28)29-14-8-3-9-15-29;1-3-9-18(10-4-1)25-19-15-16-24-22(17-19)21-13-7-8-14-23(21)26(24)20-11-5-2-6-12-20;19-20(16-10-4-1-5-11-16,17-12-6-2-7-13-17)18-14-8-3-9-15-18;19-13-10-11-18-16(12-13)15-8-4-5-9-17(15)20(18)14-6-2-1-3-7-14;13-11-5-1-9(2-6-11)10-3-7-12(14)8-4-10;7-6-4-2-1-3-5-6/h1-23H;1-17,25H;1-15H;1-12H;1-8H;1-5H,7H2. The van der Waals surface area contributed by atoms with E-state index in [2.05, 4.69) is 503 Å². The third kappa shape index (κ3) is 19.9. The van der Waals surface area contributed by atoms with Crippen LogP contribution in [0.15, 0.2) is 499 Å². The molecule has 2 heterocycles. The van der Waals surface area contributed by atoms with E-state index in [1.165, 1.54) is 112 Å². The van der Waals surface area contributed by atoms with E-state index >= 15 is 0 Å². The molecule has 578 valence electrons. The Labute approximate surface area is 745 Å². The molecule has 0 unspecified atom stereocenters. The normalized spacial score (nSPS) is 10.9. The summed E-state index contributed by atoms with van der Waals surface area (Å²) in [6, 6.07) is 171. The van der Waals surface area contributed by atoms with E-state index < -0.39 is 25.6 Å². The van der Waals surface area contributed by atoms with Crippen LogP contribution in [-0.2, 0) is 0 Å². The molecular weight excluding hydrogens is 1900 g/mol. The molecule has 0 spiro atoms. The first-order chi connectivity index (χ1) is 58.5. The van der Waals surface area contributed by atoms with E-state index in [1.807, 2.05) is 66.7 Å². The number of para-hydroxylation sites is 6. The Balaban J connectivity index is 0.000000116. The van der Waals surface area contributed by atoms with Gasteiger partial charge in [-0.3, -0.25) is 0 Å². The summed E-state index contributed by atoms with van der Waals surface area (Å²) in [4.78, 5) is 0. The summed E-state index contributed by atoms with van der Waals surface area (Å²) in [5.41, 5.74) is 20.7. The topological polar surface area (TPSA) is 47.9 Å². The average molecular weight is 1980 g/mol. The fourth-order valence-electron chi connectivity index (χ4n) is 15.3. The van der Waals surface area contributed by atoms with E-state index in [-0.39, 0.29) is 0 Å².